The predicted molar refractivity (Wildman–Crippen MR) is 153 cm³/mol. The Morgan fingerprint density at radius 2 is 1.63 bits per heavy atom. The second kappa shape index (κ2) is 13.1. The maximum Gasteiger partial charge on any atom is 0.185 e. The van der Waals surface area contributed by atoms with Crippen molar-refractivity contribution in [2.45, 2.75) is 44.9 Å². The van der Waals surface area contributed by atoms with Gasteiger partial charge in [0, 0.05) is 25.2 Å². The molecule has 2 heterocycles. The first kappa shape index (κ1) is 27.9. The van der Waals surface area contributed by atoms with Crippen LogP contribution in [0.2, 0.25) is 5.15 Å². The molecular weight excluding hydrogens is 498 g/mol. The lowest BCUT2D eigenvalue weighted by Gasteiger charge is -2.45. The zero-order chi connectivity index (χ0) is 27.0. The SMILES string of the molecule is COc1ccc(CCC[N+]2(CCCc3ccccc3)CCCC(CC(=O)c3nc(Cl)c(N)nc3N)C2)cc1. The number of hydrogen-bond acceptors (Lipinski definition) is 6. The quantitative estimate of drug-likeness (QED) is 0.238. The first-order chi connectivity index (χ1) is 18.4. The summed E-state index contributed by atoms with van der Waals surface area (Å²) in [6.45, 7) is 4.34. The van der Waals surface area contributed by atoms with Crippen LogP contribution in [0.5, 0.6) is 5.75 Å². The van der Waals surface area contributed by atoms with Crippen LogP contribution in [-0.2, 0) is 12.8 Å². The first-order valence-electron chi connectivity index (χ1n) is 13.5. The predicted octanol–water partition coefficient (Wildman–Crippen LogP) is 5.37. The van der Waals surface area contributed by atoms with Crippen LogP contribution in [0.1, 0.15) is 53.7 Å². The van der Waals surface area contributed by atoms with Gasteiger partial charge in [-0.2, -0.15) is 0 Å². The average Bonchev–Trinajstić information content (AvgIpc) is 2.92. The largest absolute Gasteiger partial charge is 0.497 e. The zero-order valence-electron chi connectivity index (χ0n) is 22.2. The van der Waals surface area contributed by atoms with Gasteiger partial charge in [-0.05, 0) is 48.9 Å². The number of methoxy groups -OCH3 is 1. The van der Waals surface area contributed by atoms with E-state index in [0.29, 0.717) is 6.42 Å². The molecule has 1 aliphatic rings. The molecular formula is C30H39ClN5O2+. The second-order valence-electron chi connectivity index (χ2n) is 10.5. The van der Waals surface area contributed by atoms with Gasteiger partial charge in [0.05, 0.1) is 33.3 Å². The lowest BCUT2D eigenvalue weighted by molar-refractivity contribution is -0.936. The van der Waals surface area contributed by atoms with Crippen molar-refractivity contribution in [3.63, 3.8) is 0 Å². The lowest BCUT2D eigenvalue weighted by Crippen LogP contribution is -2.55. The summed E-state index contributed by atoms with van der Waals surface area (Å²) in [6.07, 6.45) is 6.86. The highest BCUT2D eigenvalue weighted by Gasteiger charge is 2.36. The number of hydrogen-bond donors (Lipinski definition) is 2. The molecule has 2 atom stereocenters. The minimum atomic E-state index is -0.107. The molecule has 1 aromatic heterocycles. The lowest BCUT2D eigenvalue weighted by atomic mass is 9.89. The molecule has 8 heteroatoms. The molecule has 0 bridgehead atoms. The molecule has 2 aromatic carbocycles. The van der Waals surface area contributed by atoms with E-state index >= 15 is 0 Å². The van der Waals surface area contributed by atoms with Gasteiger partial charge in [-0.15, -0.1) is 0 Å². The normalized spacial score (nSPS) is 19.3. The summed E-state index contributed by atoms with van der Waals surface area (Å²) in [5, 5.41) is 0.0239. The van der Waals surface area contributed by atoms with E-state index in [4.69, 9.17) is 27.8 Å². The molecule has 1 saturated heterocycles. The fourth-order valence-electron chi connectivity index (χ4n) is 5.81. The molecule has 7 nitrogen and oxygen atoms in total. The topological polar surface area (TPSA) is 104 Å². The molecule has 4 N–H and O–H groups in total. The van der Waals surface area contributed by atoms with E-state index in [1.165, 1.54) is 11.1 Å². The van der Waals surface area contributed by atoms with Crippen molar-refractivity contribution in [3.05, 3.63) is 76.6 Å². The fourth-order valence-corrected chi connectivity index (χ4v) is 5.94. The number of benzene rings is 2. The van der Waals surface area contributed by atoms with Crippen LogP contribution in [0, 0.1) is 5.92 Å². The number of likely N-dealkylation sites (tertiary alicyclic amines) is 1. The van der Waals surface area contributed by atoms with E-state index in [1.807, 2.05) is 12.1 Å². The minimum absolute atomic E-state index is 0.0239. The number of aryl methyl sites for hydroxylation is 2. The van der Waals surface area contributed by atoms with Gasteiger partial charge in [-0.1, -0.05) is 54.1 Å². The molecule has 0 amide bonds. The highest BCUT2D eigenvalue weighted by atomic mass is 35.5. The summed E-state index contributed by atoms with van der Waals surface area (Å²) in [4.78, 5) is 21.3. The van der Waals surface area contributed by atoms with Crippen LogP contribution in [0.4, 0.5) is 11.6 Å². The molecule has 0 spiro atoms. The number of carbonyl (C=O) groups is 1. The van der Waals surface area contributed by atoms with Gasteiger partial charge in [0.2, 0.25) is 0 Å². The molecule has 2 unspecified atom stereocenters. The molecule has 0 aliphatic carbocycles. The number of halogens is 1. The Balaban J connectivity index is 1.42. The third-order valence-electron chi connectivity index (χ3n) is 7.73. The Hall–Kier alpha value is -3.16. The zero-order valence-corrected chi connectivity index (χ0v) is 23.0. The Labute approximate surface area is 230 Å². The summed E-state index contributed by atoms with van der Waals surface area (Å²) in [5.41, 5.74) is 14.5. The number of Topliss-reactive ketones (excluding diaryl/α,β-unsaturated/α-hetero) is 1. The van der Waals surface area contributed by atoms with E-state index in [0.717, 1.165) is 74.9 Å². The summed E-state index contributed by atoms with van der Waals surface area (Å²) in [5.74, 6) is 1.14. The van der Waals surface area contributed by atoms with Gasteiger partial charge >= 0.3 is 0 Å². The monoisotopic (exact) mass is 536 g/mol. The Bertz CT molecular complexity index is 1210. The van der Waals surface area contributed by atoms with E-state index in [2.05, 4.69) is 52.4 Å². The molecule has 0 saturated carbocycles. The van der Waals surface area contributed by atoms with Crippen LogP contribution in [0.15, 0.2) is 54.6 Å². The van der Waals surface area contributed by atoms with Gasteiger partial charge in [0.25, 0.3) is 0 Å². The van der Waals surface area contributed by atoms with Crippen LogP contribution in [0.25, 0.3) is 0 Å². The van der Waals surface area contributed by atoms with Gasteiger partial charge in [0.1, 0.15) is 11.4 Å². The third kappa shape index (κ3) is 7.45. The first-order valence-corrected chi connectivity index (χ1v) is 13.9. The molecule has 202 valence electrons. The summed E-state index contributed by atoms with van der Waals surface area (Å²) < 4.78 is 6.35. The van der Waals surface area contributed by atoms with Gasteiger partial charge in [-0.25, -0.2) is 9.97 Å². The van der Waals surface area contributed by atoms with Gasteiger partial charge < -0.3 is 20.7 Å². The van der Waals surface area contributed by atoms with Crippen molar-refractivity contribution in [2.24, 2.45) is 5.92 Å². The van der Waals surface area contributed by atoms with Crippen LogP contribution >= 0.6 is 11.6 Å². The Kier molecular flexibility index (Phi) is 9.58. The number of ether oxygens (including phenoxy) is 1. The van der Waals surface area contributed by atoms with Gasteiger partial charge in [-0.3, -0.25) is 4.79 Å². The second-order valence-corrected chi connectivity index (χ2v) is 10.9. The summed E-state index contributed by atoms with van der Waals surface area (Å²) >= 11 is 6.03. The van der Waals surface area contributed by atoms with Crippen molar-refractivity contribution >= 4 is 29.0 Å². The smallest absolute Gasteiger partial charge is 0.185 e. The van der Waals surface area contributed by atoms with E-state index in [1.54, 1.807) is 7.11 Å². The van der Waals surface area contributed by atoms with Crippen molar-refractivity contribution in [3.8, 4) is 5.75 Å². The number of nitrogens with two attached hydrogens (primary N) is 2. The van der Waals surface area contributed by atoms with Crippen molar-refractivity contribution in [1.29, 1.82) is 0 Å². The number of piperidine rings is 1. The maximum atomic E-state index is 13.2. The number of quaternary nitrogens is 1. The van der Waals surface area contributed by atoms with Crippen molar-refractivity contribution in [2.75, 3.05) is 44.8 Å². The number of nitrogen functional groups attached to an aromatic ring is 2. The minimum Gasteiger partial charge on any atom is -0.497 e. The van der Waals surface area contributed by atoms with E-state index < -0.39 is 0 Å². The number of carbonyl (C=O) groups excluding carboxylic acids is 1. The summed E-state index contributed by atoms with van der Waals surface area (Å²) in [6, 6.07) is 19.0. The fraction of sp³-hybridized carbons (Fsp3) is 0.433. The Morgan fingerprint density at radius 1 is 0.974 bits per heavy atom. The van der Waals surface area contributed by atoms with E-state index in [-0.39, 0.29) is 34.2 Å². The van der Waals surface area contributed by atoms with Crippen LogP contribution < -0.4 is 16.2 Å². The van der Waals surface area contributed by atoms with Crippen LogP contribution in [0.3, 0.4) is 0 Å². The number of aromatic nitrogens is 2. The van der Waals surface area contributed by atoms with Gasteiger partial charge in [0.15, 0.2) is 22.6 Å². The number of ketones is 1. The summed E-state index contributed by atoms with van der Waals surface area (Å²) in [7, 11) is 1.69. The molecule has 0 radical (unpaired) electrons. The molecule has 3 aromatic rings. The number of nitrogens with zero attached hydrogens (tertiary/aromatic N) is 3. The van der Waals surface area contributed by atoms with Crippen molar-refractivity contribution in [1.82, 2.24) is 9.97 Å². The molecule has 38 heavy (non-hydrogen) atoms. The molecule has 1 fully saturated rings. The van der Waals surface area contributed by atoms with Crippen molar-refractivity contribution < 1.29 is 14.0 Å². The number of rotatable bonds is 12. The molecule has 4 rings (SSSR count). The van der Waals surface area contributed by atoms with Crippen LogP contribution in [-0.4, -0.2) is 53.5 Å². The van der Waals surface area contributed by atoms with E-state index in [9.17, 15) is 4.79 Å². The number of anilines is 2. The maximum absolute atomic E-state index is 13.2. The Morgan fingerprint density at radius 3 is 2.29 bits per heavy atom. The molecule has 1 aliphatic heterocycles. The highest BCUT2D eigenvalue weighted by Crippen LogP contribution is 2.30. The average molecular weight is 537 g/mol. The highest BCUT2D eigenvalue weighted by molar-refractivity contribution is 6.31. The third-order valence-corrected chi connectivity index (χ3v) is 8.01. The standard InChI is InChI=1S/C30H38ClN5O2/c1-38-25-15-13-23(14-16-25)11-6-18-36(17-5-10-22-8-3-2-4-9-22)19-7-12-24(21-36)20-26(37)27-29(32)35-30(33)28(31)34-27/h2-4,8-9,13-16,24H,5-7,10-12,17-21H2,1H3,(H3-,32,33,35,37)/p+1.